The Balaban J connectivity index is 3.02. The molecule has 108 valence electrons. The van der Waals surface area contributed by atoms with Crippen molar-refractivity contribution in [1.82, 2.24) is 9.62 Å². The Morgan fingerprint density at radius 1 is 1.32 bits per heavy atom. The number of rotatable bonds is 7. The maximum Gasteiger partial charge on any atom is 0.243 e. The van der Waals surface area contributed by atoms with Crippen LogP contribution in [-0.2, 0) is 10.0 Å². The Labute approximate surface area is 115 Å². The first-order valence-electron chi connectivity index (χ1n) is 6.35. The number of hydrogen-bond acceptors (Lipinski definition) is 4. The number of aliphatic hydroxyl groups excluding tert-OH is 1. The fourth-order valence-electron chi connectivity index (χ4n) is 1.80. The zero-order chi connectivity index (χ0) is 14.5. The number of likely N-dealkylation sites (N-methyl/N-ethyl adjacent to an activating group) is 1. The molecule has 0 saturated heterocycles. The van der Waals surface area contributed by atoms with E-state index in [2.05, 4.69) is 5.32 Å². The average molecular weight is 286 g/mol. The van der Waals surface area contributed by atoms with E-state index in [0.717, 1.165) is 5.56 Å². The van der Waals surface area contributed by atoms with Crippen molar-refractivity contribution in [2.45, 2.75) is 24.8 Å². The molecule has 2 N–H and O–H groups in total. The van der Waals surface area contributed by atoms with Gasteiger partial charge in [-0.05, 0) is 31.7 Å². The zero-order valence-electron chi connectivity index (χ0n) is 11.6. The summed E-state index contributed by atoms with van der Waals surface area (Å²) in [6.45, 7) is 4.05. The first-order chi connectivity index (χ1) is 8.97. The van der Waals surface area contributed by atoms with Crippen LogP contribution in [0.1, 0.15) is 25.5 Å². The van der Waals surface area contributed by atoms with Crippen molar-refractivity contribution in [3.63, 3.8) is 0 Å². The summed E-state index contributed by atoms with van der Waals surface area (Å²) >= 11 is 0. The van der Waals surface area contributed by atoms with Gasteiger partial charge in [-0.2, -0.15) is 4.31 Å². The molecule has 19 heavy (non-hydrogen) atoms. The van der Waals surface area contributed by atoms with Crippen LogP contribution in [0.15, 0.2) is 29.2 Å². The predicted molar refractivity (Wildman–Crippen MR) is 75.4 cm³/mol. The van der Waals surface area contributed by atoms with Crippen LogP contribution in [0.25, 0.3) is 0 Å². The molecule has 0 fully saturated rings. The van der Waals surface area contributed by atoms with E-state index in [0.29, 0.717) is 6.54 Å². The molecule has 0 spiro atoms. The van der Waals surface area contributed by atoms with Gasteiger partial charge in [0.2, 0.25) is 10.0 Å². The fourth-order valence-corrected chi connectivity index (χ4v) is 3.24. The van der Waals surface area contributed by atoms with E-state index in [1.165, 1.54) is 4.31 Å². The Hall–Kier alpha value is -0.950. The highest BCUT2D eigenvalue weighted by molar-refractivity contribution is 7.89. The molecule has 0 aromatic heterocycles. The van der Waals surface area contributed by atoms with Crippen molar-refractivity contribution >= 4 is 10.0 Å². The van der Waals surface area contributed by atoms with Crippen molar-refractivity contribution in [3.8, 4) is 0 Å². The molecule has 6 heteroatoms. The number of sulfonamides is 1. The highest BCUT2D eigenvalue weighted by Gasteiger charge is 2.22. The summed E-state index contributed by atoms with van der Waals surface area (Å²) in [4.78, 5) is 0.259. The van der Waals surface area contributed by atoms with E-state index in [9.17, 15) is 8.42 Å². The van der Waals surface area contributed by atoms with E-state index in [1.54, 1.807) is 31.2 Å². The van der Waals surface area contributed by atoms with Crippen molar-refractivity contribution in [2.75, 3.05) is 26.7 Å². The van der Waals surface area contributed by atoms with Gasteiger partial charge < -0.3 is 10.4 Å². The topological polar surface area (TPSA) is 69.6 Å². The van der Waals surface area contributed by atoms with Gasteiger partial charge in [-0.1, -0.05) is 19.1 Å². The lowest BCUT2D eigenvalue weighted by atomic mass is 10.1. The minimum atomic E-state index is -3.51. The van der Waals surface area contributed by atoms with Crippen molar-refractivity contribution in [2.24, 2.45) is 0 Å². The van der Waals surface area contributed by atoms with E-state index in [4.69, 9.17) is 5.11 Å². The third kappa shape index (κ3) is 3.76. The second-order valence-electron chi connectivity index (χ2n) is 4.30. The molecule has 0 aliphatic heterocycles. The van der Waals surface area contributed by atoms with Crippen LogP contribution in [0.3, 0.4) is 0 Å². The van der Waals surface area contributed by atoms with Gasteiger partial charge in [0.25, 0.3) is 0 Å². The van der Waals surface area contributed by atoms with E-state index < -0.39 is 10.0 Å². The molecule has 0 amide bonds. The number of aliphatic hydroxyl groups is 1. The molecule has 0 heterocycles. The Bertz CT molecular complexity index is 485. The summed E-state index contributed by atoms with van der Waals surface area (Å²) in [6, 6.07) is 7.01. The van der Waals surface area contributed by atoms with Crippen LogP contribution < -0.4 is 5.32 Å². The van der Waals surface area contributed by atoms with Crippen LogP contribution in [0.2, 0.25) is 0 Å². The minimum absolute atomic E-state index is 0.119. The second-order valence-corrected chi connectivity index (χ2v) is 6.24. The Kier molecular flexibility index (Phi) is 5.93. The van der Waals surface area contributed by atoms with Gasteiger partial charge in [-0.15, -0.1) is 0 Å². The lowest BCUT2D eigenvalue weighted by molar-refractivity contribution is 0.257. The summed E-state index contributed by atoms with van der Waals surface area (Å²) in [5.74, 6) is 0. The first-order valence-corrected chi connectivity index (χ1v) is 7.79. The van der Waals surface area contributed by atoms with Gasteiger partial charge >= 0.3 is 0 Å². The quantitative estimate of drug-likeness (QED) is 0.783. The lowest BCUT2D eigenvalue weighted by Gasteiger charge is -2.20. The number of nitrogens with one attached hydrogen (secondary N) is 1. The number of nitrogens with zero attached hydrogens (tertiary/aromatic N) is 1. The summed E-state index contributed by atoms with van der Waals surface area (Å²) in [5.41, 5.74) is 1.03. The standard InChI is InChI=1S/C13H22N2O3S/c1-4-15(9-10-16)19(17,18)13-7-5-12(6-8-13)11(2)14-3/h5-8,11,14,16H,4,9-10H2,1-3H3. The van der Waals surface area contributed by atoms with E-state index in [1.807, 2.05) is 14.0 Å². The summed E-state index contributed by atoms with van der Waals surface area (Å²) in [6.07, 6.45) is 0. The molecule has 0 radical (unpaired) electrons. The minimum Gasteiger partial charge on any atom is -0.395 e. The zero-order valence-corrected chi connectivity index (χ0v) is 12.4. The van der Waals surface area contributed by atoms with E-state index in [-0.39, 0.29) is 24.1 Å². The third-order valence-electron chi connectivity index (χ3n) is 3.15. The maximum atomic E-state index is 12.3. The molecule has 0 bridgehead atoms. The van der Waals surface area contributed by atoms with Gasteiger partial charge in [0, 0.05) is 19.1 Å². The first kappa shape index (κ1) is 16.1. The van der Waals surface area contributed by atoms with Crippen LogP contribution in [0.5, 0.6) is 0 Å². The monoisotopic (exact) mass is 286 g/mol. The van der Waals surface area contributed by atoms with Crippen LogP contribution in [0, 0.1) is 0 Å². The molecular weight excluding hydrogens is 264 g/mol. The summed E-state index contributed by atoms with van der Waals surface area (Å²) < 4.78 is 25.9. The fraction of sp³-hybridized carbons (Fsp3) is 0.538. The van der Waals surface area contributed by atoms with Gasteiger partial charge in [0.05, 0.1) is 11.5 Å². The molecule has 1 aromatic carbocycles. The van der Waals surface area contributed by atoms with Crippen molar-refractivity contribution < 1.29 is 13.5 Å². The molecule has 1 atom stereocenters. The second kappa shape index (κ2) is 7.00. The molecule has 1 unspecified atom stereocenters. The molecule has 0 aliphatic rings. The van der Waals surface area contributed by atoms with Crippen molar-refractivity contribution in [3.05, 3.63) is 29.8 Å². The molecule has 0 saturated carbocycles. The summed E-state index contributed by atoms with van der Waals surface area (Å²) in [5, 5.41) is 12.0. The number of hydrogen-bond donors (Lipinski definition) is 2. The summed E-state index contributed by atoms with van der Waals surface area (Å²) in [7, 11) is -1.65. The Morgan fingerprint density at radius 3 is 2.32 bits per heavy atom. The highest BCUT2D eigenvalue weighted by atomic mass is 32.2. The molecule has 1 aromatic rings. The molecule has 5 nitrogen and oxygen atoms in total. The third-order valence-corrected chi connectivity index (χ3v) is 5.14. The lowest BCUT2D eigenvalue weighted by Crippen LogP contribution is -2.33. The van der Waals surface area contributed by atoms with Gasteiger partial charge in [0.15, 0.2) is 0 Å². The predicted octanol–water partition coefficient (Wildman–Crippen LogP) is 0.970. The van der Waals surface area contributed by atoms with Gasteiger partial charge in [-0.3, -0.25) is 0 Å². The maximum absolute atomic E-state index is 12.3. The Morgan fingerprint density at radius 2 is 1.89 bits per heavy atom. The normalized spacial score (nSPS) is 13.7. The SMILES string of the molecule is CCN(CCO)S(=O)(=O)c1ccc(C(C)NC)cc1. The molecule has 1 rings (SSSR count). The van der Waals surface area contributed by atoms with E-state index >= 15 is 0 Å². The largest absolute Gasteiger partial charge is 0.395 e. The van der Waals surface area contributed by atoms with Crippen molar-refractivity contribution in [1.29, 1.82) is 0 Å². The smallest absolute Gasteiger partial charge is 0.243 e. The molecule has 0 aliphatic carbocycles. The van der Waals surface area contributed by atoms with Crippen LogP contribution >= 0.6 is 0 Å². The van der Waals surface area contributed by atoms with Gasteiger partial charge in [0.1, 0.15) is 0 Å². The highest BCUT2D eigenvalue weighted by Crippen LogP contribution is 2.19. The molecular formula is C13H22N2O3S. The van der Waals surface area contributed by atoms with Crippen LogP contribution in [0.4, 0.5) is 0 Å². The van der Waals surface area contributed by atoms with Gasteiger partial charge in [-0.25, -0.2) is 8.42 Å². The average Bonchev–Trinajstić information content (AvgIpc) is 2.43. The van der Waals surface area contributed by atoms with Crippen LogP contribution in [-0.4, -0.2) is 44.6 Å². The number of benzene rings is 1.